The first-order chi connectivity index (χ1) is 9.28. The van der Waals surface area contributed by atoms with Crippen LogP contribution >= 0.6 is 0 Å². The monoisotopic (exact) mass is 252 g/mol. The van der Waals surface area contributed by atoms with Crippen molar-refractivity contribution in [3.8, 4) is 29.0 Å². The fourth-order valence-electron chi connectivity index (χ4n) is 1.72. The van der Waals surface area contributed by atoms with E-state index in [1.54, 1.807) is 18.2 Å². The van der Waals surface area contributed by atoms with Crippen molar-refractivity contribution in [2.24, 2.45) is 0 Å². The van der Waals surface area contributed by atoms with Crippen molar-refractivity contribution < 1.29 is 4.52 Å². The molecule has 0 aliphatic carbocycles. The maximum Gasteiger partial charge on any atom is 0.258 e. The Morgan fingerprint density at radius 2 is 2.26 bits per heavy atom. The van der Waals surface area contributed by atoms with Crippen molar-refractivity contribution in [1.82, 2.24) is 25.6 Å². The third kappa shape index (κ3) is 1.95. The van der Waals surface area contributed by atoms with Gasteiger partial charge in [-0.25, -0.2) is 0 Å². The predicted octanol–water partition coefficient (Wildman–Crippen LogP) is 1.70. The normalized spacial score (nSPS) is 10.3. The van der Waals surface area contributed by atoms with E-state index in [4.69, 9.17) is 9.78 Å². The van der Waals surface area contributed by atoms with E-state index < -0.39 is 0 Å². The predicted molar refractivity (Wildman–Crippen MR) is 64.6 cm³/mol. The lowest BCUT2D eigenvalue weighted by Gasteiger charge is -1.99. The molecule has 0 aliphatic heterocycles. The molecule has 7 heteroatoms. The smallest absolute Gasteiger partial charge is 0.258 e. The molecule has 0 saturated heterocycles. The number of benzene rings is 1. The number of aryl methyl sites for hydroxylation is 1. The van der Waals surface area contributed by atoms with E-state index in [0.717, 1.165) is 11.1 Å². The van der Waals surface area contributed by atoms with Gasteiger partial charge in [0, 0.05) is 5.56 Å². The van der Waals surface area contributed by atoms with Crippen LogP contribution < -0.4 is 0 Å². The van der Waals surface area contributed by atoms with Crippen molar-refractivity contribution in [3.05, 3.63) is 35.5 Å². The lowest BCUT2D eigenvalue weighted by atomic mass is 10.1. The van der Waals surface area contributed by atoms with Gasteiger partial charge in [0.05, 0.1) is 17.8 Å². The highest BCUT2D eigenvalue weighted by atomic mass is 16.5. The van der Waals surface area contributed by atoms with Crippen molar-refractivity contribution in [3.63, 3.8) is 0 Å². The minimum absolute atomic E-state index is 0.368. The summed E-state index contributed by atoms with van der Waals surface area (Å²) in [5, 5.41) is 22.7. The largest absolute Gasteiger partial charge is 0.334 e. The van der Waals surface area contributed by atoms with Gasteiger partial charge < -0.3 is 4.52 Å². The van der Waals surface area contributed by atoms with Gasteiger partial charge in [0.25, 0.3) is 5.89 Å². The van der Waals surface area contributed by atoms with Gasteiger partial charge >= 0.3 is 0 Å². The van der Waals surface area contributed by atoms with Crippen LogP contribution in [0.5, 0.6) is 0 Å². The van der Waals surface area contributed by atoms with Crippen LogP contribution in [0.2, 0.25) is 0 Å². The summed E-state index contributed by atoms with van der Waals surface area (Å²) in [6.45, 7) is 1.89. The minimum atomic E-state index is 0.368. The first-order valence-corrected chi connectivity index (χ1v) is 5.49. The summed E-state index contributed by atoms with van der Waals surface area (Å²) in [5.41, 5.74) is 2.80. The molecule has 0 amide bonds. The van der Waals surface area contributed by atoms with E-state index >= 15 is 0 Å². The molecule has 3 aromatic rings. The highest BCUT2D eigenvalue weighted by molar-refractivity contribution is 5.62. The number of nitrogens with zero attached hydrogens (tertiary/aromatic N) is 5. The Kier molecular flexibility index (Phi) is 2.54. The molecular formula is C12H8N6O. The van der Waals surface area contributed by atoms with Gasteiger partial charge in [0.2, 0.25) is 5.82 Å². The Bertz CT molecular complexity index is 753. The second-order valence-electron chi connectivity index (χ2n) is 3.92. The van der Waals surface area contributed by atoms with Gasteiger partial charge in [-0.05, 0) is 30.7 Å². The number of aromatic nitrogens is 5. The second-order valence-corrected chi connectivity index (χ2v) is 3.92. The molecule has 0 saturated carbocycles. The van der Waals surface area contributed by atoms with Gasteiger partial charge in [0.1, 0.15) is 0 Å². The molecule has 0 unspecified atom stereocenters. The van der Waals surface area contributed by atoms with Gasteiger partial charge in [0.15, 0.2) is 5.69 Å². The fourth-order valence-corrected chi connectivity index (χ4v) is 1.72. The third-order valence-corrected chi connectivity index (χ3v) is 2.66. The zero-order chi connectivity index (χ0) is 13.2. The Labute approximate surface area is 107 Å². The zero-order valence-corrected chi connectivity index (χ0v) is 9.95. The summed E-state index contributed by atoms with van der Waals surface area (Å²) >= 11 is 0. The van der Waals surface area contributed by atoms with Crippen LogP contribution in [0.4, 0.5) is 0 Å². The van der Waals surface area contributed by atoms with Gasteiger partial charge in [-0.3, -0.25) is 0 Å². The molecule has 19 heavy (non-hydrogen) atoms. The molecule has 0 aliphatic rings. The van der Waals surface area contributed by atoms with Gasteiger partial charge in [-0.15, -0.1) is 0 Å². The van der Waals surface area contributed by atoms with E-state index in [9.17, 15) is 0 Å². The van der Waals surface area contributed by atoms with Crippen LogP contribution in [-0.2, 0) is 0 Å². The molecule has 3 rings (SSSR count). The summed E-state index contributed by atoms with van der Waals surface area (Å²) in [5.74, 6) is 0.757. The Morgan fingerprint density at radius 1 is 1.37 bits per heavy atom. The minimum Gasteiger partial charge on any atom is -0.334 e. The van der Waals surface area contributed by atoms with Crippen molar-refractivity contribution in [2.45, 2.75) is 6.92 Å². The van der Waals surface area contributed by atoms with Crippen LogP contribution in [0.25, 0.3) is 23.0 Å². The molecular weight excluding hydrogens is 244 g/mol. The highest BCUT2D eigenvalue weighted by Crippen LogP contribution is 2.24. The second kappa shape index (κ2) is 4.34. The molecule has 1 aromatic carbocycles. The lowest BCUT2D eigenvalue weighted by Crippen LogP contribution is -1.86. The van der Waals surface area contributed by atoms with E-state index in [1.807, 2.05) is 6.92 Å². The SMILES string of the molecule is Cc1cc(C#N)ccc1-c1nc(-c2cn[nH]n2)no1. The standard InChI is InChI=1S/C12H8N6O/c1-7-4-8(5-13)2-3-9(7)12-15-11(17-19-12)10-6-14-18-16-10/h2-4,6H,1H3,(H,14,16,18). The first-order valence-electron chi connectivity index (χ1n) is 5.49. The molecule has 0 bridgehead atoms. The lowest BCUT2D eigenvalue weighted by molar-refractivity contribution is 0.432. The Morgan fingerprint density at radius 3 is 2.95 bits per heavy atom. The molecule has 2 heterocycles. The number of aromatic amines is 1. The third-order valence-electron chi connectivity index (χ3n) is 2.66. The number of nitrogens with one attached hydrogen (secondary N) is 1. The van der Waals surface area contributed by atoms with E-state index in [1.165, 1.54) is 6.20 Å². The molecule has 92 valence electrons. The van der Waals surface area contributed by atoms with Crippen molar-refractivity contribution >= 4 is 0 Å². The fraction of sp³-hybridized carbons (Fsp3) is 0.0833. The van der Waals surface area contributed by atoms with Crippen LogP contribution in [0.1, 0.15) is 11.1 Å². The molecule has 1 N–H and O–H groups in total. The summed E-state index contributed by atoms with van der Waals surface area (Å²) in [6, 6.07) is 7.35. The average Bonchev–Trinajstić information content (AvgIpc) is 3.09. The molecule has 0 radical (unpaired) electrons. The van der Waals surface area contributed by atoms with Gasteiger partial charge in [-0.2, -0.15) is 25.7 Å². The number of rotatable bonds is 2. The van der Waals surface area contributed by atoms with Crippen LogP contribution in [0.3, 0.4) is 0 Å². The zero-order valence-electron chi connectivity index (χ0n) is 9.95. The first kappa shape index (κ1) is 11.1. The molecule has 2 aromatic heterocycles. The van der Waals surface area contributed by atoms with Gasteiger partial charge in [-0.1, -0.05) is 5.16 Å². The van der Waals surface area contributed by atoms with E-state index in [-0.39, 0.29) is 0 Å². The quantitative estimate of drug-likeness (QED) is 0.744. The van der Waals surface area contributed by atoms with Crippen molar-refractivity contribution in [2.75, 3.05) is 0 Å². The number of nitriles is 1. The van der Waals surface area contributed by atoms with E-state index in [2.05, 4.69) is 31.6 Å². The maximum atomic E-state index is 8.83. The molecule has 0 atom stereocenters. The highest BCUT2D eigenvalue weighted by Gasteiger charge is 2.14. The summed E-state index contributed by atoms with van der Waals surface area (Å²) < 4.78 is 5.20. The maximum absolute atomic E-state index is 8.83. The Balaban J connectivity index is 2.02. The summed E-state index contributed by atoms with van der Waals surface area (Å²) in [6.07, 6.45) is 1.51. The topological polar surface area (TPSA) is 104 Å². The van der Waals surface area contributed by atoms with Crippen LogP contribution in [-0.4, -0.2) is 25.6 Å². The average molecular weight is 252 g/mol. The molecule has 7 nitrogen and oxygen atoms in total. The van der Waals surface area contributed by atoms with E-state index in [0.29, 0.717) is 23.0 Å². The molecule has 0 spiro atoms. The Hall–Kier alpha value is -3.01. The van der Waals surface area contributed by atoms with Crippen LogP contribution in [0.15, 0.2) is 28.9 Å². The number of H-pyrrole nitrogens is 1. The van der Waals surface area contributed by atoms with Crippen molar-refractivity contribution in [1.29, 1.82) is 5.26 Å². The number of hydrogen-bond donors (Lipinski definition) is 1. The van der Waals surface area contributed by atoms with Crippen LogP contribution in [0, 0.1) is 18.3 Å². The summed E-state index contributed by atoms with van der Waals surface area (Å²) in [7, 11) is 0. The number of hydrogen-bond acceptors (Lipinski definition) is 6. The molecule has 0 fully saturated rings. The summed E-state index contributed by atoms with van der Waals surface area (Å²) in [4.78, 5) is 4.26.